The summed E-state index contributed by atoms with van der Waals surface area (Å²) in [6.45, 7) is 1.41. The van der Waals surface area contributed by atoms with Gasteiger partial charge in [-0.15, -0.1) is 0 Å². The zero-order valence-electron chi connectivity index (χ0n) is 11.6. The molecule has 7 heteroatoms. The number of benzene rings is 1. The van der Waals surface area contributed by atoms with Crippen LogP contribution in [0.4, 0.5) is 0 Å². The number of rotatable bonds is 6. The van der Waals surface area contributed by atoms with Gasteiger partial charge in [-0.3, -0.25) is 4.57 Å². The summed E-state index contributed by atoms with van der Waals surface area (Å²) in [5.74, 6) is 0.667. The van der Waals surface area contributed by atoms with Gasteiger partial charge in [0.05, 0.1) is 23.8 Å². The van der Waals surface area contributed by atoms with Crippen molar-refractivity contribution in [3.8, 4) is 5.95 Å². The summed E-state index contributed by atoms with van der Waals surface area (Å²) in [6, 6.07) is 7.52. The first-order chi connectivity index (χ1) is 10.3. The molecule has 0 spiro atoms. The number of aromatic nitrogens is 4. The Morgan fingerprint density at radius 3 is 2.90 bits per heavy atom. The molecule has 0 aliphatic carbocycles. The van der Waals surface area contributed by atoms with Crippen molar-refractivity contribution in [1.29, 1.82) is 0 Å². The van der Waals surface area contributed by atoms with E-state index < -0.39 is 0 Å². The molecule has 3 aromatic rings. The van der Waals surface area contributed by atoms with Gasteiger partial charge in [-0.1, -0.05) is 17.7 Å². The number of ether oxygens (including phenoxy) is 2. The summed E-state index contributed by atoms with van der Waals surface area (Å²) in [5.41, 5.74) is 1.64. The Hall–Kier alpha value is -1.89. The van der Waals surface area contributed by atoms with Gasteiger partial charge in [-0.2, -0.15) is 5.10 Å². The molecule has 2 heterocycles. The fourth-order valence-corrected chi connectivity index (χ4v) is 2.30. The first kappa shape index (κ1) is 14.1. The molecule has 0 radical (unpaired) electrons. The molecule has 1 aromatic carbocycles. The molecule has 3 rings (SSSR count). The summed E-state index contributed by atoms with van der Waals surface area (Å²) >= 11 is 6.22. The van der Waals surface area contributed by atoms with E-state index in [1.54, 1.807) is 18.0 Å². The van der Waals surface area contributed by atoms with Gasteiger partial charge >= 0.3 is 0 Å². The predicted molar refractivity (Wildman–Crippen MR) is 79.7 cm³/mol. The Labute approximate surface area is 126 Å². The highest BCUT2D eigenvalue weighted by Gasteiger charge is 2.14. The molecular formula is C14H15ClN4O2. The van der Waals surface area contributed by atoms with Crippen LogP contribution < -0.4 is 0 Å². The van der Waals surface area contributed by atoms with Crippen LogP contribution in [-0.4, -0.2) is 39.7 Å². The first-order valence-corrected chi connectivity index (χ1v) is 6.90. The SMILES string of the molecule is COCCOCn1c(-n2cccn2)nc2c(Cl)cccc21. The molecule has 110 valence electrons. The zero-order valence-corrected chi connectivity index (χ0v) is 12.3. The van der Waals surface area contributed by atoms with Crippen molar-refractivity contribution in [2.45, 2.75) is 6.73 Å². The summed E-state index contributed by atoms with van der Waals surface area (Å²) in [6.07, 6.45) is 3.54. The summed E-state index contributed by atoms with van der Waals surface area (Å²) in [5, 5.41) is 4.83. The Morgan fingerprint density at radius 1 is 1.24 bits per heavy atom. The quantitative estimate of drug-likeness (QED) is 0.657. The maximum absolute atomic E-state index is 6.22. The van der Waals surface area contributed by atoms with Crippen molar-refractivity contribution in [3.05, 3.63) is 41.7 Å². The lowest BCUT2D eigenvalue weighted by Gasteiger charge is -2.09. The highest BCUT2D eigenvalue weighted by molar-refractivity contribution is 6.34. The predicted octanol–water partition coefficient (Wildman–Crippen LogP) is 2.50. The minimum absolute atomic E-state index is 0.357. The smallest absolute Gasteiger partial charge is 0.233 e. The second-order valence-corrected chi connectivity index (χ2v) is 4.84. The third kappa shape index (κ3) is 2.78. The van der Waals surface area contributed by atoms with E-state index in [0.29, 0.717) is 30.9 Å². The Morgan fingerprint density at radius 2 is 2.14 bits per heavy atom. The van der Waals surface area contributed by atoms with Crippen molar-refractivity contribution in [1.82, 2.24) is 19.3 Å². The molecule has 0 amide bonds. The minimum Gasteiger partial charge on any atom is -0.382 e. The van der Waals surface area contributed by atoms with E-state index in [1.165, 1.54) is 0 Å². The van der Waals surface area contributed by atoms with Gasteiger partial charge in [0, 0.05) is 19.5 Å². The third-order valence-corrected chi connectivity index (χ3v) is 3.38. The van der Waals surface area contributed by atoms with Crippen molar-refractivity contribution in [2.75, 3.05) is 20.3 Å². The van der Waals surface area contributed by atoms with E-state index in [9.17, 15) is 0 Å². The van der Waals surface area contributed by atoms with Crippen LogP contribution in [0, 0.1) is 0 Å². The molecule has 0 fully saturated rings. The molecule has 0 atom stereocenters. The average Bonchev–Trinajstić information content (AvgIpc) is 3.12. The molecule has 2 aromatic heterocycles. The molecule has 0 N–H and O–H groups in total. The van der Waals surface area contributed by atoms with Crippen LogP contribution >= 0.6 is 11.6 Å². The molecule has 0 saturated heterocycles. The Balaban J connectivity index is 2.01. The standard InChI is InChI=1S/C14H15ClN4O2/c1-20-8-9-21-10-18-12-5-2-4-11(15)13(12)17-14(18)19-7-3-6-16-19/h2-7H,8-10H2,1H3. The number of para-hydroxylation sites is 1. The van der Waals surface area contributed by atoms with Crippen molar-refractivity contribution >= 4 is 22.6 Å². The lowest BCUT2D eigenvalue weighted by molar-refractivity contribution is 0.0356. The highest BCUT2D eigenvalue weighted by Crippen LogP contribution is 2.25. The van der Waals surface area contributed by atoms with E-state index in [4.69, 9.17) is 21.1 Å². The minimum atomic E-state index is 0.357. The lowest BCUT2D eigenvalue weighted by atomic mass is 10.3. The van der Waals surface area contributed by atoms with Crippen molar-refractivity contribution in [3.63, 3.8) is 0 Å². The number of methoxy groups -OCH3 is 1. The molecular weight excluding hydrogens is 292 g/mol. The topological polar surface area (TPSA) is 54.1 Å². The number of nitrogens with zero attached hydrogens (tertiary/aromatic N) is 4. The van der Waals surface area contributed by atoms with Crippen molar-refractivity contribution in [2.24, 2.45) is 0 Å². The molecule has 0 bridgehead atoms. The van der Waals surface area contributed by atoms with Crippen LogP contribution in [0.1, 0.15) is 0 Å². The second-order valence-electron chi connectivity index (χ2n) is 4.43. The van der Waals surface area contributed by atoms with E-state index in [2.05, 4.69) is 10.1 Å². The fourth-order valence-electron chi connectivity index (χ4n) is 2.09. The Kier molecular flexibility index (Phi) is 4.19. The van der Waals surface area contributed by atoms with E-state index in [1.807, 2.05) is 35.0 Å². The fraction of sp³-hybridized carbons (Fsp3) is 0.286. The molecule has 0 aliphatic heterocycles. The van der Waals surface area contributed by atoms with Crippen LogP contribution in [0.15, 0.2) is 36.7 Å². The van der Waals surface area contributed by atoms with Gasteiger partial charge in [0.15, 0.2) is 0 Å². The number of halogens is 1. The molecule has 0 unspecified atom stereocenters. The van der Waals surface area contributed by atoms with E-state index >= 15 is 0 Å². The van der Waals surface area contributed by atoms with Crippen LogP contribution in [0.2, 0.25) is 5.02 Å². The maximum Gasteiger partial charge on any atom is 0.233 e. The number of hydrogen-bond acceptors (Lipinski definition) is 4. The molecule has 0 saturated carbocycles. The highest BCUT2D eigenvalue weighted by atomic mass is 35.5. The van der Waals surface area contributed by atoms with Gasteiger partial charge in [-0.25, -0.2) is 9.67 Å². The lowest BCUT2D eigenvalue weighted by Crippen LogP contribution is -2.11. The summed E-state index contributed by atoms with van der Waals surface area (Å²) < 4.78 is 14.2. The van der Waals surface area contributed by atoms with Crippen LogP contribution in [0.5, 0.6) is 0 Å². The Bertz CT molecular complexity index is 724. The number of imidazole rings is 1. The van der Waals surface area contributed by atoms with E-state index in [-0.39, 0.29) is 0 Å². The zero-order chi connectivity index (χ0) is 14.7. The van der Waals surface area contributed by atoms with Crippen molar-refractivity contribution < 1.29 is 9.47 Å². The number of fused-ring (bicyclic) bond motifs is 1. The maximum atomic E-state index is 6.22. The van der Waals surface area contributed by atoms with Crippen LogP contribution in [-0.2, 0) is 16.2 Å². The third-order valence-electron chi connectivity index (χ3n) is 3.07. The van der Waals surface area contributed by atoms with Crippen LogP contribution in [0.3, 0.4) is 0 Å². The van der Waals surface area contributed by atoms with E-state index in [0.717, 1.165) is 11.0 Å². The molecule has 21 heavy (non-hydrogen) atoms. The average molecular weight is 307 g/mol. The summed E-state index contributed by atoms with van der Waals surface area (Å²) in [7, 11) is 1.64. The molecule has 0 aliphatic rings. The van der Waals surface area contributed by atoms with Gasteiger partial charge in [-0.05, 0) is 18.2 Å². The summed E-state index contributed by atoms with van der Waals surface area (Å²) in [4.78, 5) is 4.57. The van der Waals surface area contributed by atoms with Crippen LogP contribution in [0.25, 0.3) is 17.0 Å². The van der Waals surface area contributed by atoms with Gasteiger partial charge < -0.3 is 9.47 Å². The van der Waals surface area contributed by atoms with Gasteiger partial charge in [0.25, 0.3) is 0 Å². The van der Waals surface area contributed by atoms with Gasteiger partial charge in [0.2, 0.25) is 5.95 Å². The monoisotopic (exact) mass is 306 g/mol. The molecule has 6 nitrogen and oxygen atoms in total. The van der Waals surface area contributed by atoms with Gasteiger partial charge in [0.1, 0.15) is 12.2 Å². The second kappa shape index (κ2) is 6.26. The number of hydrogen-bond donors (Lipinski definition) is 0. The normalized spacial score (nSPS) is 11.3. The largest absolute Gasteiger partial charge is 0.382 e. The first-order valence-electron chi connectivity index (χ1n) is 6.52.